The number of nitrogens with zero attached hydrogens (tertiary/aromatic N) is 1. The molecule has 0 aromatic carbocycles. The van der Waals surface area contributed by atoms with Crippen LogP contribution in [0.5, 0.6) is 0 Å². The summed E-state index contributed by atoms with van der Waals surface area (Å²) >= 11 is 5.71. The van der Waals surface area contributed by atoms with Crippen molar-refractivity contribution in [2.75, 3.05) is 0 Å². The second kappa shape index (κ2) is 23.1. The van der Waals surface area contributed by atoms with Gasteiger partial charge >= 0.3 is 33.9 Å². The summed E-state index contributed by atoms with van der Waals surface area (Å²) < 4.78 is 24.8. The van der Waals surface area contributed by atoms with Crippen LogP contribution in [0.3, 0.4) is 0 Å². The van der Waals surface area contributed by atoms with E-state index in [1.54, 1.807) is 0 Å². The van der Waals surface area contributed by atoms with Crippen LogP contribution in [-0.2, 0) is 35.0 Å². The molecule has 0 heterocycles. The smallest absolute Gasteiger partial charge is 0 e. The third-order valence-corrected chi connectivity index (χ3v) is 5.84. The molecular formula is C19H30ClNO3PW. The van der Waals surface area contributed by atoms with Gasteiger partial charge in [0.15, 0.2) is 0 Å². The molecule has 0 bridgehead atoms. The van der Waals surface area contributed by atoms with Crippen molar-refractivity contribution in [1.82, 2.24) is 4.67 Å². The van der Waals surface area contributed by atoms with Crippen LogP contribution in [0.4, 0.5) is 0 Å². The summed E-state index contributed by atoms with van der Waals surface area (Å²) in [7, 11) is 0.415. The number of allylic oxidation sites excluding steroid dienone is 4. The molecule has 0 spiro atoms. The van der Waals surface area contributed by atoms with E-state index in [2.05, 4.69) is 86.9 Å². The minimum Gasteiger partial charge on any atom is 0 e. The predicted molar refractivity (Wildman–Crippen MR) is 104 cm³/mol. The van der Waals surface area contributed by atoms with Crippen molar-refractivity contribution in [3.63, 3.8) is 0 Å². The SMILES string of the molecule is CC(C)N(PCl)C(C)C.C[C]1C(C)=C(C)C(C)=C1C.[C-]#[O+].[C-]#[O+].[C-]#[O+].[W]. The molecule has 0 aromatic rings. The summed E-state index contributed by atoms with van der Waals surface area (Å²) in [5, 5.41) is 0. The van der Waals surface area contributed by atoms with Gasteiger partial charge in [0.1, 0.15) is 0 Å². The van der Waals surface area contributed by atoms with Gasteiger partial charge in [-0.2, -0.15) is 0 Å². The molecule has 1 atom stereocenters. The van der Waals surface area contributed by atoms with Crippen LogP contribution in [0, 0.1) is 25.9 Å². The first-order valence-corrected chi connectivity index (χ1v) is 9.56. The van der Waals surface area contributed by atoms with E-state index in [-0.39, 0.29) is 21.1 Å². The van der Waals surface area contributed by atoms with Crippen LogP contribution in [0.2, 0.25) is 0 Å². The van der Waals surface area contributed by atoms with Crippen LogP contribution in [0.25, 0.3) is 0 Å². The summed E-state index contributed by atoms with van der Waals surface area (Å²) in [6.07, 6.45) is 0. The summed E-state index contributed by atoms with van der Waals surface area (Å²) in [5.41, 5.74) is 5.87. The molecule has 26 heavy (non-hydrogen) atoms. The molecule has 1 aliphatic carbocycles. The standard InChI is InChI=1S/C10H15.C6H15ClNP.3CO.W/c1-6-7(2)9(4)10(5)8(6)3;1-5(2)8(9-7)6(3)4;3*1-2;/h1-5H3;5-6,9H,1-4H3;;;;. The third-order valence-electron chi connectivity index (χ3n) is 4.02. The van der Waals surface area contributed by atoms with Gasteiger partial charge in [0.25, 0.3) is 0 Å². The van der Waals surface area contributed by atoms with E-state index in [9.17, 15) is 0 Å². The van der Waals surface area contributed by atoms with Crippen LogP contribution in [0.15, 0.2) is 22.3 Å². The molecule has 0 aromatic heterocycles. The van der Waals surface area contributed by atoms with Gasteiger partial charge in [-0.15, -0.1) is 0 Å². The summed E-state index contributed by atoms with van der Waals surface area (Å²) in [5.74, 6) is 1.47. The number of hydrogen-bond acceptors (Lipinski definition) is 1. The minimum absolute atomic E-state index is 0. The maximum atomic E-state index is 7.50. The molecule has 0 saturated carbocycles. The summed E-state index contributed by atoms with van der Waals surface area (Å²) in [6, 6.07) is 1.14. The first-order valence-electron chi connectivity index (χ1n) is 7.60. The average molecular weight is 571 g/mol. The molecule has 0 saturated heterocycles. The zero-order valence-electron chi connectivity index (χ0n) is 17.1. The van der Waals surface area contributed by atoms with Gasteiger partial charge in [-0.3, -0.25) is 4.67 Å². The summed E-state index contributed by atoms with van der Waals surface area (Å²) in [6.45, 7) is 33.1. The van der Waals surface area contributed by atoms with E-state index >= 15 is 0 Å². The maximum Gasteiger partial charge on any atom is 0 e. The van der Waals surface area contributed by atoms with E-state index in [1.807, 2.05) is 0 Å². The monoisotopic (exact) mass is 570 g/mol. The van der Waals surface area contributed by atoms with Crippen molar-refractivity contribution in [1.29, 1.82) is 0 Å². The Hall–Kier alpha value is 0.0683. The fourth-order valence-corrected chi connectivity index (χ4v) is 3.76. The van der Waals surface area contributed by atoms with Crippen molar-refractivity contribution in [3.05, 3.63) is 48.2 Å². The van der Waals surface area contributed by atoms with Crippen molar-refractivity contribution in [2.45, 2.75) is 74.4 Å². The Morgan fingerprint density at radius 2 is 0.923 bits per heavy atom. The quantitative estimate of drug-likeness (QED) is 0.233. The van der Waals surface area contributed by atoms with Gasteiger partial charge in [0.2, 0.25) is 0 Å². The Bertz CT molecular complexity index is 437. The molecule has 0 N–H and O–H groups in total. The molecule has 1 aliphatic rings. The molecule has 0 amide bonds. The van der Waals surface area contributed by atoms with Crippen molar-refractivity contribution in [3.8, 4) is 0 Å². The molecule has 4 nitrogen and oxygen atoms in total. The van der Waals surface area contributed by atoms with Gasteiger partial charge in [-0.05, 0) is 66.5 Å². The van der Waals surface area contributed by atoms with E-state index in [0.717, 1.165) is 0 Å². The van der Waals surface area contributed by atoms with Crippen LogP contribution in [-0.4, -0.2) is 16.8 Å². The van der Waals surface area contributed by atoms with Gasteiger partial charge in [-0.1, -0.05) is 29.3 Å². The molecule has 7 heteroatoms. The third kappa shape index (κ3) is 14.2. The minimum atomic E-state index is 0. The number of halogens is 1. The molecule has 1 radical (unpaired) electrons. The van der Waals surface area contributed by atoms with Crippen molar-refractivity contribution in [2.24, 2.45) is 0 Å². The Labute approximate surface area is 181 Å². The van der Waals surface area contributed by atoms with Crippen molar-refractivity contribution >= 4 is 19.3 Å². The van der Waals surface area contributed by atoms with E-state index in [0.29, 0.717) is 20.2 Å². The van der Waals surface area contributed by atoms with E-state index in [4.69, 9.17) is 25.2 Å². The molecule has 1 rings (SSSR count). The van der Waals surface area contributed by atoms with Crippen LogP contribution < -0.4 is 0 Å². The van der Waals surface area contributed by atoms with Gasteiger partial charge in [0.05, 0.1) is 0 Å². The molecule has 147 valence electrons. The molecule has 1 unspecified atom stereocenters. The van der Waals surface area contributed by atoms with Crippen molar-refractivity contribution < 1.29 is 35.0 Å². The second-order valence-electron chi connectivity index (χ2n) is 5.80. The molecule has 0 fully saturated rings. The fraction of sp³-hybridized carbons (Fsp3) is 0.579. The van der Waals surface area contributed by atoms with Crippen LogP contribution >= 0.6 is 19.3 Å². The topological polar surface area (TPSA) is 62.9 Å². The number of rotatable bonds is 3. The number of hydrogen-bond donors (Lipinski definition) is 0. The summed E-state index contributed by atoms with van der Waals surface area (Å²) in [4.78, 5) is 0. The largest absolute Gasteiger partial charge is 0 e. The molecule has 0 aliphatic heterocycles. The van der Waals surface area contributed by atoms with Crippen LogP contribution in [0.1, 0.15) is 62.3 Å². The Morgan fingerprint density at radius 1 is 0.692 bits per heavy atom. The first-order chi connectivity index (χ1) is 11.6. The fourth-order valence-electron chi connectivity index (χ4n) is 2.20. The zero-order chi connectivity index (χ0) is 21.3. The first kappa shape index (κ1) is 36.9. The van der Waals surface area contributed by atoms with Gasteiger partial charge < -0.3 is 0 Å². The maximum absolute atomic E-state index is 7.50. The average Bonchev–Trinajstić information content (AvgIpc) is 2.78. The predicted octanol–water partition coefficient (Wildman–Crippen LogP) is 6.00. The van der Waals surface area contributed by atoms with E-state index < -0.39 is 0 Å². The van der Waals surface area contributed by atoms with Gasteiger partial charge in [-0.25, -0.2) is 0 Å². The zero-order valence-corrected chi connectivity index (χ0v) is 21.8. The normalized spacial score (nSPS) is 13.0. The second-order valence-corrected chi connectivity index (χ2v) is 7.00. The van der Waals surface area contributed by atoms with Gasteiger partial charge in [0, 0.05) is 47.2 Å². The van der Waals surface area contributed by atoms with E-state index in [1.165, 1.54) is 28.2 Å². The Kier molecular flexibility index (Phi) is 32.8. The Morgan fingerprint density at radius 3 is 0.962 bits per heavy atom. The molecular weight excluding hydrogens is 540 g/mol. The Balaban J connectivity index is -0.0000000854.